The van der Waals surface area contributed by atoms with Crippen LogP contribution in [0.25, 0.3) is 10.8 Å². The van der Waals surface area contributed by atoms with Gasteiger partial charge in [-0.3, -0.25) is 4.79 Å². The van der Waals surface area contributed by atoms with E-state index in [9.17, 15) is 14.7 Å². The highest BCUT2D eigenvalue weighted by Crippen LogP contribution is 2.39. The summed E-state index contributed by atoms with van der Waals surface area (Å²) in [5.74, 6) is 0.195. The van der Waals surface area contributed by atoms with Crippen LogP contribution in [0.5, 0.6) is 17.2 Å². The van der Waals surface area contributed by atoms with Crippen LogP contribution in [0.1, 0.15) is 99.1 Å². The number of carbonyl (C=O) groups excluding carboxylic acids is 2. The summed E-state index contributed by atoms with van der Waals surface area (Å²) in [5, 5.41) is 24.0. The Labute approximate surface area is 306 Å². The minimum Gasteiger partial charge on any atom is -0.506 e. The van der Waals surface area contributed by atoms with Crippen LogP contribution >= 0.6 is 0 Å². The normalized spacial score (nSPS) is 11.9. The maximum absolute atomic E-state index is 13.4. The Hall–Kier alpha value is -5.50. The fourth-order valence-electron chi connectivity index (χ4n) is 5.80. The molecule has 0 bridgehead atoms. The molecule has 0 aliphatic rings. The number of nitrogens with one attached hydrogen (secondary N) is 1. The summed E-state index contributed by atoms with van der Waals surface area (Å²) >= 11 is 0. The molecule has 52 heavy (non-hydrogen) atoms. The molecule has 0 unspecified atom stereocenters. The lowest BCUT2D eigenvalue weighted by atomic mass is 9.76. The van der Waals surface area contributed by atoms with Gasteiger partial charge in [-0.25, -0.2) is 4.79 Å². The summed E-state index contributed by atoms with van der Waals surface area (Å²) in [5.41, 5.74) is 3.60. The highest BCUT2D eigenvalue weighted by Gasteiger charge is 2.27. The molecule has 0 fully saturated rings. The number of phenolic OH excluding ortho intramolecular Hbond substituents is 1. The van der Waals surface area contributed by atoms with Gasteiger partial charge in [-0.1, -0.05) is 108 Å². The SMILES string of the molecule is CCC(C)(C)c1ccc(OCCCCNC(=O)c2cc(N=Nc3ccccc3C(=O)Oc3ccccc3)c3ccccc3c2O)c(C(C)(C)CC)c1. The third-order valence-corrected chi connectivity index (χ3v) is 9.95. The Morgan fingerprint density at radius 1 is 0.712 bits per heavy atom. The smallest absolute Gasteiger partial charge is 0.345 e. The lowest BCUT2D eigenvalue weighted by Gasteiger charge is -2.30. The zero-order chi connectivity index (χ0) is 37.3. The third-order valence-electron chi connectivity index (χ3n) is 9.95. The highest BCUT2D eigenvalue weighted by molar-refractivity contribution is 6.07. The largest absolute Gasteiger partial charge is 0.506 e. The van der Waals surface area contributed by atoms with Crippen molar-refractivity contribution in [3.05, 3.63) is 125 Å². The van der Waals surface area contributed by atoms with Gasteiger partial charge in [-0.2, -0.15) is 0 Å². The van der Waals surface area contributed by atoms with Gasteiger partial charge in [-0.05, 0) is 78.5 Å². The average Bonchev–Trinajstić information content (AvgIpc) is 3.16. The summed E-state index contributed by atoms with van der Waals surface area (Å²) < 4.78 is 11.8. The molecule has 2 N–H and O–H groups in total. The monoisotopic (exact) mass is 699 g/mol. The average molecular weight is 700 g/mol. The fourth-order valence-corrected chi connectivity index (χ4v) is 5.80. The Morgan fingerprint density at radius 3 is 2.10 bits per heavy atom. The number of carbonyl (C=O) groups is 2. The Bertz CT molecular complexity index is 2050. The number of amides is 1. The molecule has 0 heterocycles. The first-order chi connectivity index (χ1) is 24.9. The van der Waals surface area contributed by atoms with E-state index in [1.807, 2.05) is 12.1 Å². The number of phenols is 1. The minimum atomic E-state index is -0.569. The van der Waals surface area contributed by atoms with E-state index in [0.717, 1.165) is 25.0 Å². The molecule has 0 saturated heterocycles. The molecule has 0 aromatic heterocycles. The van der Waals surface area contributed by atoms with Crippen LogP contribution in [0.2, 0.25) is 0 Å². The molecular weight excluding hydrogens is 651 g/mol. The predicted molar refractivity (Wildman–Crippen MR) is 208 cm³/mol. The van der Waals surface area contributed by atoms with E-state index >= 15 is 0 Å². The van der Waals surface area contributed by atoms with Crippen molar-refractivity contribution >= 4 is 34.0 Å². The van der Waals surface area contributed by atoms with E-state index in [2.05, 4.69) is 75.3 Å². The standard InChI is InChI=1S/C44H49N3O5/c1-7-43(3,4)30-24-25-39(36(28-30)44(5,6)8-2)51-27-17-16-26-45-41(49)35-29-38(32-20-12-13-21-33(32)40(35)48)47-46-37-23-15-14-22-34(37)42(50)52-31-18-10-9-11-19-31/h9-15,18-25,28-29,48H,7-8,16-17,26-27H2,1-6H3,(H,45,49). The van der Waals surface area contributed by atoms with Crippen molar-refractivity contribution in [2.75, 3.05) is 13.2 Å². The molecule has 0 saturated carbocycles. The Kier molecular flexibility index (Phi) is 12.1. The van der Waals surface area contributed by atoms with Crippen molar-refractivity contribution in [2.45, 2.75) is 78.1 Å². The van der Waals surface area contributed by atoms with E-state index in [4.69, 9.17) is 9.47 Å². The van der Waals surface area contributed by atoms with Gasteiger partial charge in [0.05, 0.1) is 23.4 Å². The third kappa shape index (κ3) is 8.86. The van der Waals surface area contributed by atoms with Crippen molar-refractivity contribution in [1.29, 1.82) is 0 Å². The number of ether oxygens (including phenoxy) is 2. The number of rotatable bonds is 15. The number of hydrogen-bond donors (Lipinski definition) is 2. The summed E-state index contributed by atoms with van der Waals surface area (Å²) in [4.78, 5) is 26.4. The summed E-state index contributed by atoms with van der Waals surface area (Å²) in [6, 6.07) is 30.8. The van der Waals surface area contributed by atoms with E-state index in [0.29, 0.717) is 47.5 Å². The van der Waals surface area contributed by atoms with E-state index in [1.54, 1.807) is 66.7 Å². The molecule has 0 aliphatic carbocycles. The van der Waals surface area contributed by atoms with Crippen LogP contribution in [-0.2, 0) is 10.8 Å². The summed E-state index contributed by atoms with van der Waals surface area (Å²) in [6.07, 6.45) is 3.47. The topological polar surface area (TPSA) is 110 Å². The molecule has 5 aromatic rings. The van der Waals surface area contributed by atoms with Crippen LogP contribution in [-0.4, -0.2) is 30.1 Å². The van der Waals surface area contributed by atoms with Crippen LogP contribution in [0.4, 0.5) is 11.4 Å². The molecule has 0 aliphatic heterocycles. The van der Waals surface area contributed by atoms with Crippen LogP contribution in [0.3, 0.4) is 0 Å². The van der Waals surface area contributed by atoms with Gasteiger partial charge < -0.3 is 19.9 Å². The Morgan fingerprint density at radius 2 is 1.37 bits per heavy atom. The first kappa shape index (κ1) is 37.7. The maximum Gasteiger partial charge on any atom is 0.345 e. The molecular formula is C44H49N3O5. The lowest BCUT2D eigenvalue weighted by molar-refractivity contribution is 0.0735. The van der Waals surface area contributed by atoms with Crippen molar-refractivity contribution < 1.29 is 24.2 Å². The number of hydrogen-bond acceptors (Lipinski definition) is 7. The zero-order valence-electron chi connectivity index (χ0n) is 31.0. The van der Waals surface area contributed by atoms with Gasteiger partial charge in [0.1, 0.15) is 22.9 Å². The molecule has 8 nitrogen and oxygen atoms in total. The van der Waals surface area contributed by atoms with E-state index < -0.39 is 11.9 Å². The van der Waals surface area contributed by atoms with E-state index in [-0.39, 0.29) is 27.7 Å². The number of esters is 1. The van der Waals surface area contributed by atoms with Gasteiger partial charge >= 0.3 is 5.97 Å². The number of para-hydroxylation sites is 1. The predicted octanol–water partition coefficient (Wildman–Crippen LogP) is 11.1. The van der Waals surface area contributed by atoms with Crippen molar-refractivity contribution in [3.8, 4) is 17.2 Å². The quantitative estimate of drug-likeness (QED) is 0.0489. The number of fused-ring (bicyclic) bond motifs is 1. The second kappa shape index (κ2) is 16.7. The van der Waals surface area contributed by atoms with Crippen LogP contribution in [0.15, 0.2) is 113 Å². The maximum atomic E-state index is 13.4. The number of azo groups is 1. The first-order valence-electron chi connectivity index (χ1n) is 18.0. The van der Waals surface area contributed by atoms with E-state index in [1.165, 1.54) is 17.2 Å². The number of aromatic hydroxyl groups is 1. The zero-order valence-corrected chi connectivity index (χ0v) is 31.0. The Balaban J connectivity index is 1.25. The number of nitrogens with zero attached hydrogens (tertiary/aromatic N) is 2. The first-order valence-corrected chi connectivity index (χ1v) is 18.0. The van der Waals surface area contributed by atoms with Gasteiger partial charge in [0.15, 0.2) is 0 Å². The fraction of sp³-hybridized carbons (Fsp3) is 0.318. The lowest BCUT2D eigenvalue weighted by Crippen LogP contribution is -2.25. The molecule has 5 aromatic carbocycles. The molecule has 8 heteroatoms. The minimum absolute atomic E-state index is 0.0268. The van der Waals surface area contributed by atoms with Crippen molar-refractivity contribution in [3.63, 3.8) is 0 Å². The summed E-state index contributed by atoms with van der Waals surface area (Å²) in [7, 11) is 0. The molecule has 0 radical (unpaired) electrons. The number of unbranched alkanes of at least 4 members (excludes halogenated alkanes) is 1. The molecule has 1 amide bonds. The van der Waals surface area contributed by atoms with Crippen molar-refractivity contribution in [1.82, 2.24) is 5.32 Å². The van der Waals surface area contributed by atoms with Crippen LogP contribution < -0.4 is 14.8 Å². The highest BCUT2D eigenvalue weighted by atomic mass is 16.5. The number of benzene rings is 5. The van der Waals surface area contributed by atoms with Gasteiger partial charge in [0, 0.05) is 22.9 Å². The van der Waals surface area contributed by atoms with Gasteiger partial charge in [0.25, 0.3) is 5.91 Å². The molecule has 5 rings (SSSR count). The van der Waals surface area contributed by atoms with Gasteiger partial charge in [-0.15, -0.1) is 10.2 Å². The molecule has 270 valence electrons. The second-order valence-electron chi connectivity index (χ2n) is 14.3. The second-order valence-corrected chi connectivity index (χ2v) is 14.3. The van der Waals surface area contributed by atoms with Crippen molar-refractivity contribution in [2.24, 2.45) is 10.2 Å². The molecule has 0 atom stereocenters. The van der Waals surface area contributed by atoms with Gasteiger partial charge in [0.2, 0.25) is 0 Å². The summed E-state index contributed by atoms with van der Waals surface area (Å²) in [6.45, 7) is 14.4. The molecule has 0 spiro atoms. The van der Waals surface area contributed by atoms with Crippen LogP contribution in [0, 0.1) is 0 Å².